The predicted octanol–water partition coefficient (Wildman–Crippen LogP) is -0.890. The van der Waals surface area contributed by atoms with Gasteiger partial charge in [-0.15, -0.1) is 0 Å². The highest BCUT2D eigenvalue weighted by Crippen LogP contribution is 2.00. The van der Waals surface area contributed by atoms with Crippen LogP contribution in [0.3, 0.4) is 0 Å². The molecule has 0 atom stereocenters. The van der Waals surface area contributed by atoms with E-state index in [4.69, 9.17) is 5.73 Å². The monoisotopic (exact) mass is 213 g/mol. The number of aliphatic imine (C=N–C) groups is 1. The average molecular weight is 213 g/mol. The first-order chi connectivity index (χ1) is 7.13. The van der Waals surface area contributed by atoms with Crippen LogP contribution in [0.5, 0.6) is 0 Å². The maximum atomic E-state index is 5.76. The van der Waals surface area contributed by atoms with E-state index in [9.17, 15) is 0 Å². The van der Waals surface area contributed by atoms with Crippen molar-refractivity contribution in [2.75, 3.05) is 60.4 Å². The summed E-state index contributed by atoms with van der Waals surface area (Å²) in [6.45, 7) is 6.43. The highest BCUT2D eigenvalue weighted by atomic mass is 15.3. The van der Waals surface area contributed by atoms with E-state index < -0.39 is 0 Å². The van der Waals surface area contributed by atoms with Crippen molar-refractivity contribution in [3.63, 3.8) is 0 Å². The van der Waals surface area contributed by atoms with Crippen LogP contribution >= 0.6 is 0 Å². The number of piperazine rings is 1. The molecular weight excluding hydrogens is 190 g/mol. The van der Waals surface area contributed by atoms with Gasteiger partial charge in [-0.1, -0.05) is 0 Å². The topological polar surface area (TPSA) is 48.1 Å². The van der Waals surface area contributed by atoms with Crippen molar-refractivity contribution in [3.8, 4) is 0 Å². The number of hydrogen-bond donors (Lipinski definition) is 1. The van der Waals surface area contributed by atoms with Crippen LogP contribution in [0, 0.1) is 0 Å². The van der Waals surface area contributed by atoms with Gasteiger partial charge in [0.2, 0.25) is 0 Å². The Hall–Kier alpha value is -0.810. The minimum Gasteiger partial charge on any atom is -0.370 e. The molecule has 2 N–H and O–H groups in total. The van der Waals surface area contributed by atoms with Gasteiger partial charge in [-0.05, 0) is 14.1 Å². The van der Waals surface area contributed by atoms with Crippen LogP contribution in [-0.4, -0.2) is 81.1 Å². The number of rotatable bonds is 3. The summed E-state index contributed by atoms with van der Waals surface area (Å²) < 4.78 is 0. The lowest BCUT2D eigenvalue weighted by molar-refractivity contribution is 0.168. The summed E-state index contributed by atoms with van der Waals surface area (Å²) in [6.07, 6.45) is 0. The average Bonchev–Trinajstić information content (AvgIpc) is 2.26. The van der Waals surface area contributed by atoms with E-state index >= 15 is 0 Å². The molecule has 0 saturated carbocycles. The third-order valence-electron chi connectivity index (χ3n) is 2.79. The lowest BCUT2D eigenvalue weighted by Crippen LogP contribution is -2.52. The van der Waals surface area contributed by atoms with E-state index in [1.54, 1.807) is 7.05 Å². The molecule has 0 aromatic rings. The quantitative estimate of drug-likeness (QED) is 0.488. The molecule has 1 saturated heterocycles. The van der Waals surface area contributed by atoms with Crippen molar-refractivity contribution in [2.45, 2.75) is 0 Å². The summed E-state index contributed by atoms with van der Waals surface area (Å²) in [5.41, 5.74) is 5.76. The van der Waals surface area contributed by atoms with Gasteiger partial charge in [0.1, 0.15) is 0 Å². The molecule has 88 valence electrons. The van der Waals surface area contributed by atoms with Gasteiger partial charge in [-0.3, -0.25) is 9.89 Å². The van der Waals surface area contributed by atoms with Crippen LogP contribution in [0.2, 0.25) is 0 Å². The Morgan fingerprint density at radius 3 is 2.33 bits per heavy atom. The molecule has 0 unspecified atom stereocenters. The Morgan fingerprint density at radius 2 is 1.87 bits per heavy atom. The number of guanidine groups is 1. The summed E-state index contributed by atoms with van der Waals surface area (Å²) in [6, 6.07) is 0. The fourth-order valence-electron chi connectivity index (χ4n) is 1.68. The maximum Gasteiger partial charge on any atom is 0.191 e. The van der Waals surface area contributed by atoms with E-state index in [1.807, 2.05) is 0 Å². The van der Waals surface area contributed by atoms with Gasteiger partial charge < -0.3 is 15.5 Å². The lowest BCUT2D eigenvalue weighted by atomic mass is 10.3. The summed E-state index contributed by atoms with van der Waals surface area (Å²) in [5.74, 6) is 0.669. The number of hydrogen-bond acceptors (Lipinski definition) is 3. The molecule has 1 aliphatic rings. The van der Waals surface area contributed by atoms with E-state index in [2.05, 4.69) is 33.8 Å². The zero-order valence-corrected chi connectivity index (χ0v) is 10.1. The summed E-state index contributed by atoms with van der Waals surface area (Å²) >= 11 is 0. The fourth-order valence-corrected chi connectivity index (χ4v) is 1.68. The van der Waals surface area contributed by atoms with Crippen LogP contribution in [0.15, 0.2) is 4.99 Å². The zero-order valence-electron chi connectivity index (χ0n) is 10.1. The van der Waals surface area contributed by atoms with Gasteiger partial charge >= 0.3 is 0 Å². The van der Waals surface area contributed by atoms with Crippen LogP contribution in [-0.2, 0) is 0 Å². The Kier molecular flexibility index (Phi) is 4.84. The minimum absolute atomic E-state index is 0.669. The lowest BCUT2D eigenvalue weighted by Gasteiger charge is -2.35. The normalized spacial score (nSPS) is 20.0. The van der Waals surface area contributed by atoms with Crippen LogP contribution in [0.25, 0.3) is 0 Å². The van der Waals surface area contributed by atoms with Crippen molar-refractivity contribution >= 4 is 5.96 Å². The molecule has 1 heterocycles. The van der Waals surface area contributed by atoms with Gasteiger partial charge in [0, 0.05) is 46.3 Å². The molecule has 0 bridgehead atoms. The molecule has 0 aliphatic carbocycles. The zero-order chi connectivity index (χ0) is 11.3. The van der Waals surface area contributed by atoms with Gasteiger partial charge in [0.25, 0.3) is 0 Å². The van der Waals surface area contributed by atoms with Gasteiger partial charge in [-0.25, -0.2) is 0 Å². The Morgan fingerprint density at radius 1 is 1.27 bits per heavy atom. The van der Waals surface area contributed by atoms with Crippen molar-refractivity contribution in [3.05, 3.63) is 0 Å². The maximum absolute atomic E-state index is 5.76. The van der Waals surface area contributed by atoms with Crippen LogP contribution in [0.4, 0.5) is 0 Å². The molecule has 0 amide bonds. The van der Waals surface area contributed by atoms with E-state index in [0.717, 1.165) is 39.3 Å². The molecule has 0 spiro atoms. The fraction of sp³-hybridized carbons (Fsp3) is 0.900. The molecule has 0 aromatic carbocycles. The minimum atomic E-state index is 0.669. The smallest absolute Gasteiger partial charge is 0.191 e. The van der Waals surface area contributed by atoms with E-state index in [-0.39, 0.29) is 0 Å². The molecule has 1 rings (SSSR count). The predicted molar refractivity (Wildman–Crippen MR) is 64.1 cm³/mol. The highest BCUT2D eigenvalue weighted by Gasteiger charge is 2.17. The second-order valence-electron chi connectivity index (χ2n) is 4.21. The molecule has 1 fully saturated rings. The Labute approximate surface area is 92.5 Å². The molecule has 15 heavy (non-hydrogen) atoms. The first-order valence-corrected chi connectivity index (χ1v) is 5.47. The Bertz CT molecular complexity index is 206. The van der Waals surface area contributed by atoms with Crippen molar-refractivity contribution in [1.82, 2.24) is 14.7 Å². The van der Waals surface area contributed by atoms with Crippen LogP contribution in [0.1, 0.15) is 0 Å². The van der Waals surface area contributed by atoms with Crippen LogP contribution < -0.4 is 5.73 Å². The third kappa shape index (κ3) is 4.05. The molecule has 0 aromatic heterocycles. The molecular formula is C10H23N5. The van der Waals surface area contributed by atoms with Crippen molar-refractivity contribution in [1.29, 1.82) is 0 Å². The highest BCUT2D eigenvalue weighted by molar-refractivity contribution is 5.77. The van der Waals surface area contributed by atoms with E-state index in [1.165, 1.54) is 0 Å². The van der Waals surface area contributed by atoms with Gasteiger partial charge in [0.15, 0.2) is 5.96 Å². The second kappa shape index (κ2) is 5.92. The molecule has 1 aliphatic heterocycles. The first kappa shape index (κ1) is 12.3. The molecule has 5 heteroatoms. The number of nitrogens with zero attached hydrogens (tertiary/aromatic N) is 4. The number of nitrogens with two attached hydrogens (primary N) is 1. The largest absolute Gasteiger partial charge is 0.370 e. The Balaban J connectivity index is 2.24. The number of likely N-dealkylation sites (N-methyl/N-ethyl adjacent to an activating group) is 1. The van der Waals surface area contributed by atoms with Crippen molar-refractivity contribution < 1.29 is 0 Å². The SMILES string of the molecule is CN=C(N)N1CCN(CCN(C)C)CC1. The third-order valence-corrected chi connectivity index (χ3v) is 2.79. The summed E-state index contributed by atoms with van der Waals surface area (Å²) in [7, 11) is 5.96. The standard InChI is InChI=1S/C10H23N5/c1-12-10(11)15-8-6-14(7-9-15)5-4-13(2)3/h4-9H2,1-3H3,(H2,11,12). The summed E-state index contributed by atoms with van der Waals surface area (Å²) in [4.78, 5) is 10.8. The van der Waals surface area contributed by atoms with Gasteiger partial charge in [-0.2, -0.15) is 0 Å². The van der Waals surface area contributed by atoms with Gasteiger partial charge in [0.05, 0.1) is 0 Å². The molecule has 5 nitrogen and oxygen atoms in total. The second-order valence-corrected chi connectivity index (χ2v) is 4.21. The molecule has 0 radical (unpaired) electrons. The van der Waals surface area contributed by atoms with Crippen molar-refractivity contribution in [2.24, 2.45) is 10.7 Å². The first-order valence-electron chi connectivity index (χ1n) is 5.47. The summed E-state index contributed by atoms with van der Waals surface area (Å²) in [5, 5.41) is 0. The van der Waals surface area contributed by atoms with E-state index in [0.29, 0.717) is 5.96 Å².